The van der Waals surface area contributed by atoms with E-state index in [1.54, 1.807) is 6.07 Å². The molecule has 0 bridgehead atoms. The molecule has 4 heterocycles. The average Bonchev–Trinajstić information content (AvgIpc) is 3.24. The Bertz CT molecular complexity index is 1020. The van der Waals surface area contributed by atoms with Gasteiger partial charge in [0.1, 0.15) is 0 Å². The molecule has 0 unspecified atom stereocenters. The summed E-state index contributed by atoms with van der Waals surface area (Å²) in [6, 6.07) is 3.69. The third-order valence-electron chi connectivity index (χ3n) is 5.63. The Morgan fingerprint density at radius 1 is 1.27 bits per heavy atom. The highest BCUT2D eigenvalue weighted by Gasteiger charge is 2.31. The molecule has 2 aliphatic rings. The van der Waals surface area contributed by atoms with Crippen LogP contribution < -0.4 is 0 Å². The number of nitrogens with zero attached hydrogens (tertiary/aromatic N) is 3. The second-order valence-corrected chi connectivity index (χ2v) is 8.01. The Morgan fingerprint density at radius 3 is 3.04 bits per heavy atom. The largest absolute Gasteiger partial charge is 0.357 e. The lowest BCUT2D eigenvalue weighted by atomic mass is 9.93. The van der Waals surface area contributed by atoms with Crippen LogP contribution in [0.3, 0.4) is 0 Å². The number of aromatic nitrogens is 3. The Labute approximate surface area is 160 Å². The van der Waals surface area contributed by atoms with Crippen LogP contribution in [0.25, 0.3) is 10.9 Å². The number of amides is 1. The van der Waals surface area contributed by atoms with Gasteiger partial charge in [-0.2, -0.15) is 0 Å². The topological polar surface area (TPSA) is 53.9 Å². The van der Waals surface area contributed by atoms with Crippen molar-refractivity contribution >= 4 is 40.0 Å². The van der Waals surface area contributed by atoms with E-state index in [-0.39, 0.29) is 11.8 Å². The van der Waals surface area contributed by atoms with E-state index >= 15 is 0 Å². The Balaban J connectivity index is 1.43. The highest BCUT2D eigenvalue weighted by Crippen LogP contribution is 2.35. The van der Waals surface area contributed by atoms with Crippen molar-refractivity contribution in [3.63, 3.8) is 0 Å². The lowest BCUT2D eigenvalue weighted by Gasteiger charge is -2.32. The van der Waals surface area contributed by atoms with Gasteiger partial charge < -0.3 is 14.5 Å². The van der Waals surface area contributed by atoms with Crippen LogP contribution in [0.15, 0.2) is 24.7 Å². The number of aromatic amines is 1. The molecule has 5 nitrogen and oxygen atoms in total. The summed E-state index contributed by atoms with van der Waals surface area (Å²) < 4.78 is 2.14. The van der Waals surface area contributed by atoms with Crippen molar-refractivity contribution in [2.45, 2.75) is 32.4 Å². The maximum Gasteiger partial charge on any atom is 0.226 e. The van der Waals surface area contributed by atoms with Crippen LogP contribution in [0.2, 0.25) is 10.0 Å². The molecule has 1 amide bonds. The van der Waals surface area contributed by atoms with Gasteiger partial charge in [0.05, 0.1) is 16.9 Å². The van der Waals surface area contributed by atoms with Crippen LogP contribution in [0.5, 0.6) is 0 Å². The van der Waals surface area contributed by atoms with Crippen molar-refractivity contribution in [3.05, 3.63) is 51.7 Å². The van der Waals surface area contributed by atoms with Gasteiger partial charge in [0.2, 0.25) is 5.91 Å². The first-order valence-corrected chi connectivity index (χ1v) is 9.62. The second kappa shape index (κ2) is 6.03. The monoisotopic (exact) mass is 388 g/mol. The first kappa shape index (κ1) is 16.2. The van der Waals surface area contributed by atoms with Crippen molar-refractivity contribution < 1.29 is 4.79 Å². The fourth-order valence-corrected chi connectivity index (χ4v) is 4.80. The zero-order valence-corrected chi connectivity index (χ0v) is 15.6. The number of halogens is 2. The van der Waals surface area contributed by atoms with Crippen molar-refractivity contribution in [1.29, 1.82) is 0 Å². The van der Waals surface area contributed by atoms with Crippen molar-refractivity contribution in [2.24, 2.45) is 5.92 Å². The number of rotatable bonds is 1. The van der Waals surface area contributed by atoms with Crippen LogP contribution in [-0.2, 0) is 30.7 Å². The quantitative estimate of drug-likeness (QED) is 0.688. The van der Waals surface area contributed by atoms with Gasteiger partial charge in [0.25, 0.3) is 0 Å². The SMILES string of the molecule is O=C([C@@H]1CCn2cncc2C1)N1CCc2[nH]c3c(Cl)cc(Cl)cc3c2C1. The Kier molecular flexibility index (Phi) is 3.76. The second-order valence-electron chi connectivity index (χ2n) is 7.17. The number of nitrogens with one attached hydrogen (secondary N) is 1. The van der Waals surface area contributed by atoms with E-state index in [1.165, 1.54) is 0 Å². The number of carbonyl (C=O) groups excluding carboxylic acids is 1. The van der Waals surface area contributed by atoms with Gasteiger partial charge in [-0.1, -0.05) is 23.2 Å². The molecule has 26 heavy (non-hydrogen) atoms. The summed E-state index contributed by atoms with van der Waals surface area (Å²) in [5.41, 5.74) is 4.37. The van der Waals surface area contributed by atoms with E-state index in [1.807, 2.05) is 23.5 Å². The lowest BCUT2D eigenvalue weighted by molar-refractivity contribution is -0.137. The molecule has 7 heteroatoms. The molecule has 1 N–H and O–H groups in total. The summed E-state index contributed by atoms with van der Waals surface area (Å²) in [4.78, 5) is 22.7. The third-order valence-corrected chi connectivity index (χ3v) is 6.15. The van der Waals surface area contributed by atoms with Crippen molar-refractivity contribution in [1.82, 2.24) is 19.4 Å². The Morgan fingerprint density at radius 2 is 2.15 bits per heavy atom. The summed E-state index contributed by atoms with van der Waals surface area (Å²) in [6.45, 7) is 2.21. The summed E-state index contributed by atoms with van der Waals surface area (Å²) in [5.74, 6) is 0.281. The van der Waals surface area contributed by atoms with Crippen molar-refractivity contribution in [3.8, 4) is 0 Å². The van der Waals surface area contributed by atoms with Gasteiger partial charge in [-0.3, -0.25) is 4.79 Å². The maximum absolute atomic E-state index is 13.1. The molecule has 0 saturated carbocycles. The molecule has 1 atom stereocenters. The molecule has 0 radical (unpaired) electrons. The fourth-order valence-electron chi connectivity index (χ4n) is 4.26. The van der Waals surface area contributed by atoms with Gasteiger partial charge in [-0.15, -0.1) is 0 Å². The number of imidazole rings is 1. The zero-order valence-electron chi connectivity index (χ0n) is 14.1. The molecule has 0 spiro atoms. The molecule has 1 aromatic carbocycles. The number of H-pyrrole nitrogens is 1. The summed E-state index contributed by atoms with van der Waals surface area (Å²) in [5, 5.41) is 2.27. The molecule has 3 aromatic rings. The van der Waals surface area contributed by atoms with Crippen LogP contribution >= 0.6 is 23.2 Å². The van der Waals surface area contributed by atoms with Gasteiger partial charge in [-0.05, 0) is 18.6 Å². The third kappa shape index (κ3) is 2.53. The van der Waals surface area contributed by atoms with Crippen LogP contribution in [0, 0.1) is 5.92 Å². The molecule has 2 aromatic heterocycles. The molecule has 0 fully saturated rings. The zero-order chi connectivity index (χ0) is 17.8. The van der Waals surface area contributed by atoms with E-state index in [0.717, 1.165) is 60.2 Å². The first-order chi connectivity index (χ1) is 12.6. The van der Waals surface area contributed by atoms with Crippen LogP contribution in [0.4, 0.5) is 0 Å². The van der Waals surface area contributed by atoms with Crippen LogP contribution in [0.1, 0.15) is 23.4 Å². The predicted octanol–water partition coefficient (Wildman–Crippen LogP) is 3.82. The summed E-state index contributed by atoms with van der Waals surface area (Å²) in [6.07, 6.45) is 6.18. The van der Waals surface area contributed by atoms with E-state index in [4.69, 9.17) is 23.2 Å². The molecular formula is C19H18Cl2N4O. The number of carbonyl (C=O) groups is 1. The molecule has 134 valence electrons. The fraction of sp³-hybridized carbons (Fsp3) is 0.368. The van der Waals surface area contributed by atoms with Gasteiger partial charge in [0, 0.05) is 72.0 Å². The Hall–Kier alpha value is -1.98. The molecule has 0 aliphatic carbocycles. The lowest BCUT2D eigenvalue weighted by Crippen LogP contribution is -2.41. The number of fused-ring (bicyclic) bond motifs is 4. The minimum Gasteiger partial charge on any atom is -0.357 e. The van der Waals surface area contributed by atoms with Gasteiger partial charge in [-0.25, -0.2) is 4.98 Å². The first-order valence-electron chi connectivity index (χ1n) is 8.86. The summed E-state index contributed by atoms with van der Waals surface area (Å²) >= 11 is 12.5. The highest BCUT2D eigenvalue weighted by atomic mass is 35.5. The van der Waals surface area contributed by atoms with E-state index < -0.39 is 0 Å². The van der Waals surface area contributed by atoms with E-state index in [2.05, 4.69) is 14.5 Å². The smallest absolute Gasteiger partial charge is 0.226 e. The maximum atomic E-state index is 13.1. The van der Waals surface area contributed by atoms with Crippen molar-refractivity contribution in [2.75, 3.05) is 6.54 Å². The predicted molar refractivity (Wildman–Crippen MR) is 101 cm³/mol. The number of hydrogen-bond donors (Lipinski definition) is 1. The number of aryl methyl sites for hydroxylation is 1. The van der Waals surface area contributed by atoms with E-state index in [9.17, 15) is 4.79 Å². The summed E-state index contributed by atoms with van der Waals surface area (Å²) in [7, 11) is 0. The van der Waals surface area contributed by atoms with Gasteiger partial charge in [0.15, 0.2) is 0 Å². The van der Waals surface area contributed by atoms with Gasteiger partial charge >= 0.3 is 0 Å². The highest BCUT2D eigenvalue weighted by molar-refractivity contribution is 6.38. The van der Waals surface area contributed by atoms with Crippen LogP contribution in [-0.4, -0.2) is 31.9 Å². The molecule has 2 aliphatic heterocycles. The molecule has 0 saturated heterocycles. The minimum atomic E-state index is 0.0399. The van der Waals surface area contributed by atoms with E-state index in [0.29, 0.717) is 16.6 Å². The molecular weight excluding hydrogens is 371 g/mol. The number of hydrogen-bond acceptors (Lipinski definition) is 2. The normalized spacial score (nSPS) is 19.5. The molecule has 5 rings (SSSR count). The number of benzene rings is 1. The standard InChI is InChI=1S/C19H18Cl2N4O/c20-12-6-14-15-9-24(4-2-17(15)23-18(14)16(21)7-12)19(26)11-1-3-25-10-22-8-13(25)5-11/h6-8,10-11,23H,1-5,9H2/t11-/m1/s1. The minimum absolute atomic E-state index is 0.0399. The average molecular weight is 389 g/mol.